The smallest absolute Gasteiger partial charge is 0.230 e. The average Bonchev–Trinajstić information content (AvgIpc) is 2.94. The van der Waals surface area contributed by atoms with Gasteiger partial charge in [0.25, 0.3) is 0 Å². The maximum absolute atomic E-state index is 12.1. The highest BCUT2D eigenvalue weighted by Gasteiger charge is 2.09. The Hall–Kier alpha value is -1.92. The number of aromatic nitrogens is 2. The SMILES string of the molecule is CCSc1nnc(NC(=O)Cc2ccc3ccccc3c2)s1. The van der Waals surface area contributed by atoms with Crippen LogP contribution in [-0.2, 0) is 11.2 Å². The number of carbonyl (C=O) groups excluding carboxylic acids is 1. The standard InChI is InChI=1S/C16H15N3OS2/c1-2-21-16-19-18-15(22-16)17-14(20)10-11-7-8-12-5-3-4-6-13(12)9-11/h3-9H,2,10H2,1H3,(H,17,18,20). The van der Waals surface area contributed by atoms with Crippen molar-refractivity contribution in [1.82, 2.24) is 10.2 Å². The van der Waals surface area contributed by atoms with Crippen molar-refractivity contribution in [2.24, 2.45) is 0 Å². The first-order valence-corrected chi connectivity index (χ1v) is 8.78. The van der Waals surface area contributed by atoms with Crippen LogP contribution in [0.3, 0.4) is 0 Å². The Kier molecular flexibility index (Phi) is 4.70. The summed E-state index contributed by atoms with van der Waals surface area (Å²) in [5.74, 6) is 0.874. The van der Waals surface area contributed by atoms with E-state index < -0.39 is 0 Å². The molecule has 1 N–H and O–H groups in total. The molecule has 0 aliphatic carbocycles. The fourth-order valence-corrected chi connectivity index (χ4v) is 3.80. The first kappa shape index (κ1) is 15.0. The van der Waals surface area contributed by atoms with Gasteiger partial charge in [0.15, 0.2) is 4.34 Å². The highest BCUT2D eigenvalue weighted by molar-refractivity contribution is 8.01. The lowest BCUT2D eigenvalue weighted by atomic mass is 10.1. The number of hydrogen-bond acceptors (Lipinski definition) is 5. The van der Waals surface area contributed by atoms with Crippen LogP contribution in [0, 0.1) is 0 Å². The molecule has 1 aromatic heterocycles. The second-order valence-corrected chi connectivity index (χ2v) is 7.20. The second kappa shape index (κ2) is 6.89. The number of amides is 1. The topological polar surface area (TPSA) is 54.9 Å². The predicted octanol–water partition coefficient (Wildman–Crippen LogP) is 3.98. The van der Waals surface area contributed by atoms with E-state index in [-0.39, 0.29) is 5.91 Å². The minimum atomic E-state index is -0.0699. The fourth-order valence-electron chi connectivity index (χ4n) is 2.14. The molecular weight excluding hydrogens is 314 g/mol. The van der Waals surface area contributed by atoms with E-state index in [1.54, 1.807) is 11.8 Å². The molecule has 0 fully saturated rings. The summed E-state index contributed by atoms with van der Waals surface area (Å²) in [6, 6.07) is 14.2. The molecule has 0 saturated carbocycles. The number of carbonyl (C=O) groups is 1. The molecule has 6 heteroatoms. The van der Waals surface area contributed by atoms with Crippen molar-refractivity contribution in [3.63, 3.8) is 0 Å². The zero-order valence-electron chi connectivity index (χ0n) is 12.1. The third kappa shape index (κ3) is 3.64. The van der Waals surface area contributed by atoms with E-state index in [1.165, 1.54) is 16.7 Å². The zero-order chi connectivity index (χ0) is 15.4. The molecule has 4 nitrogen and oxygen atoms in total. The summed E-state index contributed by atoms with van der Waals surface area (Å²) in [5, 5.41) is 13.7. The minimum Gasteiger partial charge on any atom is -0.300 e. The number of nitrogens with one attached hydrogen (secondary N) is 1. The number of hydrogen-bond donors (Lipinski definition) is 1. The third-order valence-electron chi connectivity index (χ3n) is 3.10. The van der Waals surface area contributed by atoms with Crippen LogP contribution < -0.4 is 5.32 Å². The van der Waals surface area contributed by atoms with E-state index in [4.69, 9.17) is 0 Å². The maximum Gasteiger partial charge on any atom is 0.230 e. The van der Waals surface area contributed by atoms with E-state index in [0.717, 1.165) is 21.0 Å². The molecule has 1 amide bonds. The lowest BCUT2D eigenvalue weighted by Gasteiger charge is -2.03. The van der Waals surface area contributed by atoms with Gasteiger partial charge in [0.2, 0.25) is 11.0 Å². The lowest BCUT2D eigenvalue weighted by molar-refractivity contribution is -0.115. The number of fused-ring (bicyclic) bond motifs is 1. The summed E-state index contributed by atoms with van der Waals surface area (Å²) in [4.78, 5) is 12.1. The highest BCUT2D eigenvalue weighted by Crippen LogP contribution is 2.25. The number of thioether (sulfide) groups is 1. The third-order valence-corrected chi connectivity index (χ3v) is 4.95. The van der Waals surface area contributed by atoms with Crippen LogP contribution in [0.25, 0.3) is 10.8 Å². The molecule has 0 bridgehead atoms. The number of benzene rings is 2. The molecular formula is C16H15N3OS2. The molecule has 1 heterocycles. The number of nitrogens with zero attached hydrogens (tertiary/aromatic N) is 2. The molecule has 22 heavy (non-hydrogen) atoms. The lowest BCUT2D eigenvalue weighted by Crippen LogP contribution is -2.14. The quantitative estimate of drug-likeness (QED) is 0.568. The van der Waals surface area contributed by atoms with Crippen molar-refractivity contribution >= 4 is 44.9 Å². The molecule has 112 valence electrons. The highest BCUT2D eigenvalue weighted by atomic mass is 32.2. The maximum atomic E-state index is 12.1. The van der Waals surface area contributed by atoms with Crippen molar-refractivity contribution in [2.75, 3.05) is 11.1 Å². The molecule has 3 aromatic rings. The summed E-state index contributed by atoms with van der Waals surface area (Å²) >= 11 is 3.03. The van der Waals surface area contributed by atoms with Crippen molar-refractivity contribution in [1.29, 1.82) is 0 Å². The Morgan fingerprint density at radius 2 is 2.00 bits per heavy atom. The van der Waals surface area contributed by atoms with E-state index >= 15 is 0 Å². The summed E-state index contributed by atoms with van der Waals surface area (Å²) in [6.07, 6.45) is 0.334. The van der Waals surface area contributed by atoms with E-state index in [9.17, 15) is 4.79 Å². The summed E-state index contributed by atoms with van der Waals surface area (Å²) in [6.45, 7) is 2.06. The molecule has 2 aromatic carbocycles. The fraction of sp³-hybridized carbons (Fsp3) is 0.188. The Labute approximate surface area is 137 Å². The number of anilines is 1. The summed E-state index contributed by atoms with van der Waals surface area (Å²) in [7, 11) is 0. The Bertz CT molecular complexity index is 801. The summed E-state index contributed by atoms with van der Waals surface area (Å²) < 4.78 is 0.878. The van der Waals surface area contributed by atoms with Crippen LogP contribution in [0.1, 0.15) is 12.5 Å². The molecule has 0 aliphatic rings. The van der Waals surface area contributed by atoms with Crippen LogP contribution >= 0.6 is 23.1 Å². The Morgan fingerprint density at radius 3 is 2.82 bits per heavy atom. The first-order chi connectivity index (χ1) is 10.7. The predicted molar refractivity (Wildman–Crippen MR) is 92.6 cm³/mol. The largest absolute Gasteiger partial charge is 0.300 e. The van der Waals surface area contributed by atoms with Gasteiger partial charge in [-0.3, -0.25) is 4.79 Å². The van der Waals surface area contributed by atoms with Gasteiger partial charge in [0, 0.05) is 0 Å². The van der Waals surface area contributed by atoms with Gasteiger partial charge in [-0.05, 0) is 22.1 Å². The van der Waals surface area contributed by atoms with Crippen LogP contribution in [0.5, 0.6) is 0 Å². The van der Waals surface area contributed by atoms with E-state index in [2.05, 4.69) is 34.6 Å². The molecule has 0 radical (unpaired) electrons. The van der Waals surface area contributed by atoms with E-state index in [1.807, 2.05) is 30.3 Å². The normalized spacial score (nSPS) is 10.8. The van der Waals surface area contributed by atoms with Crippen molar-refractivity contribution in [2.45, 2.75) is 17.7 Å². The number of rotatable bonds is 5. The average molecular weight is 329 g/mol. The van der Waals surface area contributed by atoms with Crippen molar-refractivity contribution in [3.8, 4) is 0 Å². The van der Waals surface area contributed by atoms with Crippen LogP contribution in [0.15, 0.2) is 46.8 Å². The zero-order valence-corrected chi connectivity index (χ0v) is 13.7. The molecule has 0 unspecified atom stereocenters. The van der Waals surface area contributed by atoms with Crippen molar-refractivity contribution in [3.05, 3.63) is 48.0 Å². The Balaban J connectivity index is 1.66. The van der Waals surface area contributed by atoms with E-state index in [0.29, 0.717) is 11.6 Å². The first-order valence-electron chi connectivity index (χ1n) is 6.98. The van der Waals surface area contributed by atoms with Gasteiger partial charge in [-0.25, -0.2) is 0 Å². The van der Waals surface area contributed by atoms with Gasteiger partial charge < -0.3 is 5.32 Å². The van der Waals surface area contributed by atoms with Gasteiger partial charge in [-0.1, -0.05) is 72.5 Å². The van der Waals surface area contributed by atoms with Crippen LogP contribution in [0.2, 0.25) is 0 Å². The monoisotopic (exact) mass is 329 g/mol. The second-order valence-electron chi connectivity index (χ2n) is 4.71. The molecule has 0 aliphatic heterocycles. The minimum absolute atomic E-state index is 0.0699. The van der Waals surface area contributed by atoms with Crippen LogP contribution in [0.4, 0.5) is 5.13 Å². The van der Waals surface area contributed by atoms with Gasteiger partial charge in [0.1, 0.15) is 0 Å². The van der Waals surface area contributed by atoms with Gasteiger partial charge >= 0.3 is 0 Å². The van der Waals surface area contributed by atoms with Gasteiger partial charge in [0.05, 0.1) is 6.42 Å². The van der Waals surface area contributed by atoms with Gasteiger partial charge in [-0.2, -0.15) is 0 Å². The molecule has 0 saturated heterocycles. The summed E-state index contributed by atoms with van der Waals surface area (Å²) in [5.41, 5.74) is 0.990. The molecule has 0 atom stereocenters. The van der Waals surface area contributed by atoms with Crippen molar-refractivity contribution < 1.29 is 4.79 Å². The Morgan fingerprint density at radius 1 is 1.18 bits per heavy atom. The molecule has 3 rings (SSSR count). The van der Waals surface area contributed by atoms with Gasteiger partial charge in [-0.15, -0.1) is 10.2 Å². The van der Waals surface area contributed by atoms with Crippen LogP contribution in [-0.4, -0.2) is 21.9 Å². The molecule has 0 spiro atoms.